The monoisotopic (exact) mass is 497 g/mol. The number of carbonyl (C=O) groups excluding carboxylic acids is 1. The number of rotatable bonds is 6. The number of amides is 1. The summed E-state index contributed by atoms with van der Waals surface area (Å²) in [5.41, 5.74) is 4.17. The predicted molar refractivity (Wildman–Crippen MR) is 143 cm³/mol. The van der Waals surface area contributed by atoms with E-state index in [0.29, 0.717) is 23.0 Å². The second kappa shape index (κ2) is 9.41. The molecule has 6 rings (SSSR count). The number of pyridine rings is 1. The number of piperidine rings is 1. The molecule has 8 heteroatoms. The van der Waals surface area contributed by atoms with Gasteiger partial charge in [-0.25, -0.2) is 4.98 Å². The van der Waals surface area contributed by atoms with Gasteiger partial charge in [0.2, 0.25) is 0 Å². The number of imidazole rings is 1. The van der Waals surface area contributed by atoms with Crippen LogP contribution in [-0.4, -0.2) is 48.0 Å². The second-order valence-electron chi connectivity index (χ2n) is 11.3. The van der Waals surface area contributed by atoms with Gasteiger partial charge in [-0.2, -0.15) is 0 Å². The summed E-state index contributed by atoms with van der Waals surface area (Å²) in [5, 5.41) is 11.8. The van der Waals surface area contributed by atoms with E-state index < -0.39 is 0 Å². The molecule has 1 saturated heterocycles. The van der Waals surface area contributed by atoms with E-state index in [1.165, 1.54) is 18.4 Å². The number of fused-ring (bicyclic) bond motifs is 1. The summed E-state index contributed by atoms with van der Waals surface area (Å²) in [6, 6.07) is 10.2. The molecule has 2 aliphatic rings. The summed E-state index contributed by atoms with van der Waals surface area (Å²) < 4.78 is 3.98. The maximum atomic E-state index is 13.6. The van der Waals surface area contributed by atoms with Gasteiger partial charge in [0.25, 0.3) is 5.91 Å². The molecular weight excluding hydrogens is 462 g/mol. The zero-order valence-electron chi connectivity index (χ0n) is 21.9. The first kappa shape index (κ1) is 23.9. The first-order chi connectivity index (χ1) is 17.9. The van der Waals surface area contributed by atoms with Gasteiger partial charge >= 0.3 is 0 Å². The van der Waals surface area contributed by atoms with E-state index in [4.69, 9.17) is 0 Å². The Hall–Kier alpha value is -3.52. The molecule has 192 valence electrons. The van der Waals surface area contributed by atoms with Crippen LogP contribution in [0.2, 0.25) is 0 Å². The van der Waals surface area contributed by atoms with E-state index in [9.17, 15) is 4.79 Å². The van der Waals surface area contributed by atoms with Gasteiger partial charge in [-0.1, -0.05) is 26.0 Å². The standard InChI is InChI=1S/C29H35N7O/c1-20-6-5-10-35(16-20)17-22-12-25(26-30-9-11-36(26)18-22)27(37)32-24-8-4-7-23(13-24)29(14-21(2)15-29)28-33-31-19-34(28)3/h4,7-9,11-13,18-21H,5-6,10,14-17H2,1-3H3,(H,32,37). The van der Waals surface area contributed by atoms with E-state index in [0.717, 1.165) is 49.6 Å². The first-order valence-electron chi connectivity index (χ1n) is 13.4. The first-order valence-corrected chi connectivity index (χ1v) is 13.4. The quantitative estimate of drug-likeness (QED) is 0.419. The SMILES string of the molecule is CC1CCCN(Cc2cc(C(=O)Nc3cccc(C4(c5nncn5C)CC(C)C4)c3)c3nccn3c2)C1. The number of anilines is 1. The minimum absolute atomic E-state index is 0.142. The van der Waals surface area contributed by atoms with Crippen molar-refractivity contribution in [3.05, 3.63) is 77.8 Å². The molecule has 1 N–H and O–H groups in total. The Labute approximate surface area is 217 Å². The van der Waals surface area contributed by atoms with E-state index in [1.807, 2.05) is 40.4 Å². The van der Waals surface area contributed by atoms with Crippen LogP contribution in [0.1, 0.15) is 66.8 Å². The van der Waals surface area contributed by atoms with Crippen molar-refractivity contribution in [2.24, 2.45) is 18.9 Å². The lowest BCUT2D eigenvalue weighted by atomic mass is 9.58. The molecule has 0 spiro atoms. The molecule has 1 unspecified atom stereocenters. The summed E-state index contributed by atoms with van der Waals surface area (Å²) in [5.74, 6) is 2.17. The van der Waals surface area contributed by atoms with Gasteiger partial charge in [-0.05, 0) is 73.4 Å². The molecule has 4 aromatic rings. The van der Waals surface area contributed by atoms with Gasteiger partial charge in [0.05, 0.1) is 11.0 Å². The van der Waals surface area contributed by atoms with Gasteiger partial charge in [0.1, 0.15) is 17.8 Å². The molecule has 2 fully saturated rings. The fourth-order valence-corrected chi connectivity index (χ4v) is 6.52. The van der Waals surface area contributed by atoms with Crippen LogP contribution >= 0.6 is 0 Å². The number of benzene rings is 1. The summed E-state index contributed by atoms with van der Waals surface area (Å²) in [6.07, 6.45) is 12.1. The Morgan fingerprint density at radius 3 is 2.81 bits per heavy atom. The largest absolute Gasteiger partial charge is 0.322 e. The summed E-state index contributed by atoms with van der Waals surface area (Å²) in [7, 11) is 2.00. The number of aromatic nitrogens is 5. The normalized spacial score (nSPS) is 24.2. The Kier molecular flexibility index (Phi) is 6.07. The van der Waals surface area contributed by atoms with Crippen LogP contribution in [0.15, 0.2) is 55.2 Å². The molecule has 0 radical (unpaired) electrons. The van der Waals surface area contributed by atoms with Crippen LogP contribution in [0.3, 0.4) is 0 Å². The Morgan fingerprint density at radius 2 is 2.05 bits per heavy atom. The fraction of sp³-hybridized carbons (Fsp3) is 0.448. The van der Waals surface area contributed by atoms with Gasteiger partial charge in [-0.15, -0.1) is 10.2 Å². The van der Waals surface area contributed by atoms with Crippen LogP contribution in [0.5, 0.6) is 0 Å². The lowest BCUT2D eigenvalue weighted by Gasteiger charge is -2.46. The van der Waals surface area contributed by atoms with Gasteiger partial charge in [0, 0.05) is 44.4 Å². The zero-order valence-corrected chi connectivity index (χ0v) is 21.9. The number of hydrogen-bond donors (Lipinski definition) is 1. The molecule has 37 heavy (non-hydrogen) atoms. The van der Waals surface area contributed by atoms with Gasteiger partial charge < -0.3 is 14.3 Å². The second-order valence-corrected chi connectivity index (χ2v) is 11.3. The van der Waals surface area contributed by atoms with Crippen molar-refractivity contribution in [3.63, 3.8) is 0 Å². The summed E-state index contributed by atoms with van der Waals surface area (Å²) in [6.45, 7) is 7.63. The molecule has 1 aliphatic heterocycles. The Bertz CT molecular complexity index is 1430. The Morgan fingerprint density at radius 1 is 1.19 bits per heavy atom. The smallest absolute Gasteiger partial charge is 0.259 e. The van der Waals surface area contributed by atoms with Crippen LogP contribution in [0.4, 0.5) is 5.69 Å². The number of nitrogens with zero attached hydrogens (tertiary/aromatic N) is 6. The van der Waals surface area contributed by atoms with Gasteiger partial charge in [-0.3, -0.25) is 9.69 Å². The van der Waals surface area contributed by atoms with Crippen LogP contribution in [0.25, 0.3) is 5.65 Å². The third-order valence-corrected chi connectivity index (χ3v) is 8.14. The molecule has 4 heterocycles. The molecule has 8 nitrogen and oxygen atoms in total. The average Bonchev–Trinajstić information content (AvgIpc) is 3.50. The molecular formula is C29H35N7O. The fourth-order valence-electron chi connectivity index (χ4n) is 6.52. The molecule has 1 aliphatic carbocycles. The van der Waals surface area contributed by atoms with Crippen molar-refractivity contribution in [3.8, 4) is 0 Å². The molecule has 3 aromatic heterocycles. The predicted octanol–water partition coefficient (Wildman–Crippen LogP) is 4.66. The molecule has 1 aromatic carbocycles. The number of hydrogen-bond acceptors (Lipinski definition) is 5. The maximum Gasteiger partial charge on any atom is 0.259 e. The lowest BCUT2D eigenvalue weighted by Crippen LogP contribution is -2.43. The van der Waals surface area contributed by atoms with Crippen molar-refractivity contribution in [1.82, 2.24) is 29.0 Å². The number of aryl methyl sites for hydroxylation is 1. The summed E-state index contributed by atoms with van der Waals surface area (Å²) >= 11 is 0. The van der Waals surface area contributed by atoms with Crippen molar-refractivity contribution in [2.45, 2.75) is 51.5 Å². The number of nitrogens with one attached hydrogen (secondary N) is 1. The average molecular weight is 498 g/mol. The van der Waals surface area contributed by atoms with E-state index >= 15 is 0 Å². The maximum absolute atomic E-state index is 13.6. The highest BCUT2D eigenvalue weighted by Gasteiger charge is 2.48. The Balaban J connectivity index is 1.28. The minimum atomic E-state index is -0.173. The van der Waals surface area contributed by atoms with E-state index in [1.54, 1.807) is 12.5 Å². The van der Waals surface area contributed by atoms with Crippen LogP contribution in [-0.2, 0) is 19.0 Å². The topological polar surface area (TPSA) is 80.3 Å². The minimum Gasteiger partial charge on any atom is -0.322 e. The van der Waals surface area contributed by atoms with Crippen molar-refractivity contribution < 1.29 is 4.79 Å². The number of likely N-dealkylation sites (tertiary alicyclic amines) is 1. The third-order valence-electron chi connectivity index (χ3n) is 8.14. The zero-order chi connectivity index (χ0) is 25.6. The molecule has 1 atom stereocenters. The third kappa shape index (κ3) is 4.44. The molecule has 1 amide bonds. The highest BCUT2D eigenvalue weighted by molar-refractivity contribution is 6.08. The molecule has 0 bridgehead atoms. The van der Waals surface area contributed by atoms with E-state index in [-0.39, 0.29) is 11.3 Å². The van der Waals surface area contributed by atoms with Gasteiger partial charge in [0.15, 0.2) is 0 Å². The lowest BCUT2D eigenvalue weighted by molar-refractivity contribution is 0.102. The van der Waals surface area contributed by atoms with Crippen LogP contribution in [0, 0.1) is 11.8 Å². The van der Waals surface area contributed by atoms with Crippen molar-refractivity contribution in [1.29, 1.82) is 0 Å². The highest BCUT2D eigenvalue weighted by atomic mass is 16.1. The number of carbonyl (C=O) groups is 1. The summed E-state index contributed by atoms with van der Waals surface area (Å²) in [4.78, 5) is 20.6. The van der Waals surface area contributed by atoms with Crippen molar-refractivity contribution >= 4 is 17.2 Å². The molecule has 1 saturated carbocycles. The van der Waals surface area contributed by atoms with Crippen molar-refractivity contribution in [2.75, 3.05) is 18.4 Å². The van der Waals surface area contributed by atoms with E-state index in [2.05, 4.69) is 57.6 Å². The van der Waals surface area contributed by atoms with Crippen LogP contribution < -0.4 is 5.32 Å². The highest BCUT2D eigenvalue weighted by Crippen LogP contribution is 2.51.